The number of rotatable bonds is 4. The van der Waals surface area contributed by atoms with Crippen molar-refractivity contribution in [1.82, 2.24) is 15.3 Å². The number of benzene rings is 1. The first-order chi connectivity index (χ1) is 14.1. The van der Waals surface area contributed by atoms with E-state index in [1.165, 1.54) is 11.3 Å². The zero-order valence-electron chi connectivity index (χ0n) is 15.2. The summed E-state index contributed by atoms with van der Waals surface area (Å²) < 4.78 is 0. The molecule has 0 spiro atoms. The van der Waals surface area contributed by atoms with Crippen LogP contribution in [0.4, 0.5) is 5.82 Å². The summed E-state index contributed by atoms with van der Waals surface area (Å²) in [5, 5.41) is 10.3. The summed E-state index contributed by atoms with van der Waals surface area (Å²) in [5.41, 5.74) is 2.58. The minimum Gasteiger partial charge on any atom is -0.335 e. The van der Waals surface area contributed by atoms with E-state index in [4.69, 9.17) is 9.97 Å². The minimum atomic E-state index is -0.451. The summed E-state index contributed by atoms with van der Waals surface area (Å²) in [5.74, 6) is 0.250. The summed E-state index contributed by atoms with van der Waals surface area (Å²) >= 11 is 3.07. The van der Waals surface area contributed by atoms with Gasteiger partial charge in [-0.1, -0.05) is 36.4 Å². The molecule has 2 amide bonds. The monoisotopic (exact) mass is 418 g/mol. The van der Waals surface area contributed by atoms with Gasteiger partial charge in [-0.05, 0) is 23.9 Å². The lowest BCUT2D eigenvalue weighted by molar-refractivity contribution is -0.124. The van der Waals surface area contributed by atoms with Gasteiger partial charge in [0.2, 0.25) is 0 Å². The number of hydrogen-bond donors (Lipinski definition) is 2. The standard InChI is InChI=1S/C21H14N4O2S2/c1-11-16(20(27)25-19(11)26)22-18-15-13(12-6-3-2-4-7-12)10-29-21(15)24-17(23-18)14-8-5-9-28-14/h2-10H,1H3,(H2,22,23,24,25,26,27). The second-order valence-corrected chi connectivity index (χ2v) is 8.28. The number of imide groups is 1. The zero-order chi connectivity index (χ0) is 20.0. The van der Waals surface area contributed by atoms with Crippen LogP contribution in [0.2, 0.25) is 0 Å². The molecule has 1 aromatic carbocycles. The molecule has 0 saturated carbocycles. The van der Waals surface area contributed by atoms with Crippen molar-refractivity contribution < 1.29 is 9.59 Å². The highest BCUT2D eigenvalue weighted by atomic mass is 32.1. The number of amides is 2. The van der Waals surface area contributed by atoms with Gasteiger partial charge in [0.05, 0.1) is 10.3 Å². The number of carbonyl (C=O) groups is 2. The normalized spacial score (nSPS) is 14.0. The number of aromatic nitrogens is 2. The predicted octanol–water partition coefficient (Wildman–Crippen LogP) is 4.43. The predicted molar refractivity (Wildman–Crippen MR) is 116 cm³/mol. The molecular formula is C21H14N4O2S2. The molecule has 4 heterocycles. The Morgan fingerprint density at radius 3 is 2.48 bits per heavy atom. The van der Waals surface area contributed by atoms with E-state index in [1.54, 1.807) is 18.3 Å². The molecule has 0 aliphatic carbocycles. The molecule has 3 aromatic heterocycles. The summed E-state index contributed by atoms with van der Waals surface area (Å²) in [4.78, 5) is 35.4. The first kappa shape index (κ1) is 17.7. The van der Waals surface area contributed by atoms with Crippen LogP contribution in [-0.4, -0.2) is 21.8 Å². The Labute approximate surface area is 173 Å². The molecule has 0 radical (unpaired) electrons. The Balaban J connectivity index is 1.74. The highest BCUT2D eigenvalue weighted by Crippen LogP contribution is 2.39. The maximum atomic E-state index is 12.3. The number of nitrogens with zero attached hydrogens (tertiary/aromatic N) is 2. The van der Waals surface area contributed by atoms with Crippen molar-refractivity contribution in [1.29, 1.82) is 0 Å². The van der Waals surface area contributed by atoms with Gasteiger partial charge in [0.25, 0.3) is 11.8 Å². The number of anilines is 1. The highest BCUT2D eigenvalue weighted by molar-refractivity contribution is 7.17. The quantitative estimate of drug-likeness (QED) is 0.479. The molecule has 5 rings (SSSR count). The molecule has 6 nitrogen and oxygen atoms in total. The zero-order valence-corrected chi connectivity index (χ0v) is 16.9. The lowest BCUT2D eigenvalue weighted by atomic mass is 10.1. The van der Waals surface area contributed by atoms with Gasteiger partial charge in [0.15, 0.2) is 5.82 Å². The van der Waals surface area contributed by atoms with E-state index in [-0.39, 0.29) is 5.70 Å². The van der Waals surface area contributed by atoms with Crippen molar-refractivity contribution in [3.05, 3.63) is 64.5 Å². The molecule has 0 saturated heterocycles. The maximum Gasteiger partial charge on any atom is 0.275 e. The van der Waals surface area contributed by atoms with Gasteiger partial charge in [-0.2, -0.15) is 0 Å². The van der Waals surface area contributed by atoms with E-state index in [2.05, 4.69) is 10.6 Å². The first-order valence-electron chi connectivity index (χ1n) is 8.84. The number of thiophene rings is 2. The molecular weight excluding hydrogens is 404 g/mol. The van der Waals surface area contributed by atoms with Crippen molar-refractivity contribution in [2.24, 2.45) is 0 Å². The van der Waals surface area contributed by atoms with Gasteiger partial charge in [-0.15, -0.1) is 22.7 Å². The van der Waals surface area contributed by atoms with Crippen LogP contribution in [0.5, 0.6) is 0 Å². The summed E-state index contributed by atoms with van der Waals surface area (Å²) in [7, 11) is 0. The average Bonchev–Trinajstić information content (AvgIpc) is 3.45. The molecule has 1 aliphatic rings. The molecule has 2 N–H and O–H groups in total. The largest absolute Gasteiger partial charge is 0.335 e. The van der Waals surface area contributed by atoms with Crippen molar-refractivity contribution in [2.45, 2.75) is 6.92 Å². The Hall–Kier alpha value is -3.36. The van der Waals surface area contributed by atoms with Gasteiger partial charge in [0.1, 0.15) is 16.3 Å². The van der Waals surface area contributed by atoms with Gasteiger partial charge in [0, 0.05) is 16.5 Å². The summed E-state index contributed by atoms with van der Waals surface area (Å²) in [6.45, 7) is 1.62. The van der Waals surface area contributed by atoms with E-state index in [0.717, 1.165) is 26.2 Å². The topological polar surface area (TPSA) is 84.0 Å². The minimum absolute atomic E-state index is 0.220. The second kappa shape index (κ2) is 6.91. The molecule has 29 heavy (non-hydrogen) atoms. The first-order valence-corrected chi connectivity index (χ1v) is 10.6. The van der Waals surface area contributed by atoms with E-state index in [9.17, 15) is 9.59 Å². The van der Waals surface area contributed by atoms with Gasteiger partial charge >= 0.3 is 0 Å². The fourth-order valence-corrected chi connectivity index (χ4v) is 4.80. The smallest absolute Gasteiger partial charge is 0.275 e. The third-order valence-corrected chi connectivity index (χ3v) is 6.41. The highest BCUT2D eigenvalue weighted by Gasteiger charge is 2.28. The van der Waals surface area contributed by atoms with Crippen molar-refractivity contribution in [3.63, 3.8) is 0 Å². The van der Waals surface area contributed by atoms with Crippen LogP contribution in [0.25, 0.3) is 32.0 Å². The summed E-state index contributed by atoms with van der Waals surface area (Å²) in [6.07, 6.45) is 0. The van der Waals surface area contributed by atoms with Crippen LogP contribution in [-0.2, 0) is 9.59 Å². The Bertz CT molecular complexity index is 1290. The molecule has 8 heteroatoms. The number of hydrogen-bond acceptors (Lipinski definition) is 7. The molecule has 1 aliphatic heterocycles. The van der Waals surface area contributed by atoms with Crippen LogP contribution in [0, 0.1) is 0 Å². The van der Waals surface area contributed by atoms with Gasteiger partial charge in [-0.25, -0.2) is 9.97 Å². The van der Waals surface area contributed by atoms with Crippen LogP contribution in [0.1, 0.15) is 6.92 Å². The van der Waals surface area contributed by atoms with Crippen LogP contribution in [0.3, 0.4) is 0 Å². The van der Waals surface area contributed by atoms with E-state index >= 15 is 0 Å². The Kier molecular flexibility index (Phi) is 4.22. The Morgan fingerprint density at radius 1 is 0.966 bits per heavy atom. The van der Waals surface area contributed by atoms with Crippen LogP contribution >= 0.6 is 22.7 Å². The number of carbonyl (C=O) groups excluding carboxylic acids is 2. The van der Waals surface area contributed by atoms with Gasteiger partial charge in [-0.3, -0.25) is 14.9 Å². The van der Waals surface area contributed by atoms with Crippen LogP contribution in [0.15, 0.2) is 64.5 Å². The average molecular weight is 419 g/mol. The van der Waals surface area contributed by atoms with Crippen LogP contribution < -0.4 is 10.6 Å². The third-order valence-electron chi connectivity index (χ3n) is 4.67. The maximum absolute atomic E-state index is 12.3. The molecule has 142 valence electrons. The van der Waals surface area contributed by atoms with E-state index in [1.807, 2.05) is 53.2 Å². The molecule has 0 unspecified atom stereocenters. The fraction of sp³-hybridized carbons (Fsp3) is 0.0476. The number of fused-ring (bicyclic) bond motifs is 1. The second-order valence-electron chi connectivity index (χ2n) is 6.48. The molecule has 4 aromatic rings. The number of nitrogens with one attached hydrogen (secondary N) is 2. The lowest BCUT2D eigenvalue weighted by Crippen LogP contribution is -2.24. The molecule has 0 bridgehead atoms. The Morgan fingerprint density at radius 2 is 1.79 bits per heavy atom. The summed E-state index contributed by atoms with van der Waals surface area (Å²) in [6, 6.07) is 13.9. The molecule has 0 fully saturated rings. The van der Waals surface area contributed by atoms with E-state index in [0.29, 0.717) is 17.2 Å². The lowest BCUT2D eigenvalue weighted by Gasteiger charge is -2.10. The third kappa shape index (κ3) is 3.02. The van der Waals surface area contributed by atoms with E-state index < -0.39 is 11.8 Å². The molecule has 0 atom stereocenters. The van der Waals surface area contributed by atoms with Crippen molar-refractivity contribution in [2.75, 3.05) is 5.32 Å². The van der Waals surface area contributed by atoms with Crippen molar-refractivity contribution in [3.8, 4) is 21.8 Å². The van der Waals surface area contributed by atoms with Gasteiger partial charge < -0.3 is 5.32 Å². The SMILES string of the molecule is CC1=C(Nc2nc(-c3cccs3)nc3scc(-c4ccccc4)c23)C(=O)NC1=O. The fourth-order valence-electron chi connectivity index (χ4n) is 3.19. The van der Waals surface area contributed by atoms with Crippen molar-refractivity contribution >= 4 is 50.5 Å².